The van der Waals surface area contributed by atoms with E-state index in [0.29, 0.717) is 56.1 Å². The molecule has 4 rings (SSSR count). The highest BCUT2D eigenvalue weighted by Crippen LogP contribution is 2.38. The first kappa shape index (κ1) is 20.6. The number of para-hydroxylation sites is 1. The maximum Gasteiger partial charge on any atom is 0.255 e. The first-order chi connectivity index (χ1) is 15.0. The van der Waals surface area contributed by atoms with E-state index in [-0.39, 0.29) is 5.91 Å². The van der Waals surface area contributed by atoms with Crippen molar-refractivity contribution in [2.75, 3.05) is 26.6 Å². The van der Waals surface area contributed by atoms with Gasteiger partial charge in [0.25, 0.3) is 5.91 Å². The summed E-state index contributed by atoms with van der Waals surface area (Å²) in [6, 6.07) is 15.6. The maximum absolute atomic E-state index is 13.0. The molecule has 0 aliphatic rings. The zero-order chi connectivity index (χ0) is 22.0. The minimum absolute atomic E-state index is 0.341. The molecule has 0 spiro atoms. The Bertz CT molecular complexity index is 1240. The number of oxazole rings is 1. The van der Waals surface area contributed by atoms with Crippen LogP contribution in [0.25, 0.3) is 22.6 Å². The Labute approximate surface area is 183 Å². The third-order valence-electron chi connectivity index (χ3n) is 4.68. The molecular weight excluding hydrogens is 420 g/mol. The molecule has 31 heavy (non-hydrogen) atoms. The van der Waals surface area contributed by atoms with Crippen LogP contribution in [0.5, 0.6) is 17.2 Å². The Balaban J connectivity index is 1.70. The predicted molar refractivity (Wildman–Crippen MR) is 119 cm³/mol. The number of methoxy groups -OCH3 is 3. The normalized spacial score (nSPS) is 10.7. The molecule has 0 bridgehead atoms. The van der Waals surface area contributed by atoms with Crippen LogP contribution < -0.4 is 19.5 Å². The highest BCUT2D eigenvalue weighted by Gasteiger charge is 2.19. The van der Waals surface area contributed by atoms with Gasteiger partial charge in [0.15, 0.2) is 17.1 Å². The van der Waals surface area contributed by atoms with Gasteiger partial charge < -0.3 is 23.9 Å². The fourth-order valence-electron chi connectivity index (χ4n) is 3.20. The van der Waals surface area contributed by atoms with Crippen LogP contribution in [0.4, 0.5) is 5.69 Å². The summed E-state index contributed by atoms with van der Waals surface area (Å²) in [4.78, 5) is 17.5. The van der Waals surface area contributed by atoms with Crippen LogP contribution in [-0.2, 0) is 0 Å². The standard InChI is InChI=1S/C23H19ClN2O5/c1-28-19-10-13(11-20(29-2)21(19)30-3)22(27)25-16-7-5-4-6-15(16)23-26-17-12-14(24)8-9-18(17)31-23/h4-12H,1-3H3,(H,25,27). The third-order valence-corrected chi connectivity index (χ3v) is 4.92. The smallest absolute Gasteiger partial charge is 0.255 e. The monoisotopic (exact) mass is 438 g/mol. The highest BCUT2D eigenvalue weighted by atomic mass is 35.5. The van der Waals surface area contributed by atoms with E-state index < -0.39 is 0 Å². The second-order valence-electron chi connectivity index (χ2n) is 6.54. The average Bonchev–Trinajstić information content (AvgIpc) is 3.21. The second-order valence-corrected chi connectivity index (χ2v) is 6.98. The van der Waals surface area contributed by atoms with E-state index in [2.05, 4.69) is 10.3 Å². The van der Waals surface area contributed by atoms with Gasteiger partial charge in [-0.2, -0.15) is 0 Å². The minimum atomic E-state index is -0.356. The Kier molecular flexibility index (Phi) is 5.68. The number of nitrogens with zero attached hydrogens (tertiary/aromatic N) is 1. The van der Waals surface area contributed by atoms with Crippen molar-refractivity contribution >= 4 is 34.3 Å². The van der Waals surface area contributed by atoms with Crippen molar-refractivity contribution in [2.24, 2.45) is 0 Å². The lowest BCUT2D eigenvalue weighted by atomic mass is 10.1. The molecule has 0 saturated carbocycles. The molecule has 1 aromatic heterocycles. The number of ether oxygens (including phenoxy) is 3. The molecule has 7 nitrogen and oxygen atoms in total. The van der Waals surface area contributed by atoms with Crippen molar-refractivity contribution < 1.29 is 23.4 Å². The number of fused-ring (bicyclic) bond motifs is 1. The summed E-state index contributed by atoms with van der Waals surface area (Å²) in [6.45, 7) is 0. The van der Waals surface area contributed by atoms with Crippen molar-refractivity contribution in [1.29, 1.82) is 0 Å². The van der Waals surface area contributed by atoms with Crippen LogP contribution >= 0.6 is 11.6 Å². The number of hydrogen-bond donors (Lipinski definition) is 1. The lowest BCUT2D eigenvalue weighted by Gasteiger charge is -2.14. The van der Waals surface area contributed by atoms with Gasteiger partial charge in [-0.05, 0) is 42.5 Å². The van der Waals surface area contributed by atoms with Crippen LogP contribution in [0, 0.1) is 0 Å². The Hall–Kier alpha value is -3.71. The van der Waals surface area contributed by atoms with Crippen LogP contribution in [0.1, 0.15) is 10.4 Å². The fraction of sp³-hybridized carbons (Fsp3) is 0.130. The van der Waals surface area contributed by atoms with Crippen molar-refractivity contribution in [3.63, 3.8) is 0 Å². The van der Waals surface area contributed by atoms with Gasteiger partial charge in [0.1, 0.15) is 5.52 Å². The van der Waals surface area contributed by atoms with E-state index in [1.807, 2.05) is 18.2 Å². The molecule has 1 N–H and O–H groups in total. The largest absolute Gasteiger partial charge is 0.493 e. The number of halogens is 1. The molecule has 158 valence electrons. The summed E-state index contributed by atoms with van der Waals surface area (Å²) < 4.78 is 21.8. The summed E-state index contributed by atoms with van der Waals surface area (Å²) in [6.07, 6.45) is 0. The van der Waals surface area contributed by atoms with E-state index in [4.69, 9.17) is 30.2 Å². The van der Waals surface area contributed by atoms with Gasteiger partial charge in [-0.3, -0.25) is 4.79 Å². The molecule has 0 saturated heterocycles. The van der Waals surface area contributed by atoms with Gasteiger partial charge in [0.05, 0.1) is 32.6 Å². The van der Waals surface area contributed by atoms with Crippen LogP contribution in [0.3, 0.4) is 0 Å². The Morgan fingerprint density at radius 1 is 0.968 bits per heavy atom. The number of carbonyl (C=O) groups excluding carboxylic acids is 1. The fourth-order valence-corrected chi connectivity index (χ4v) is 3.37. The molecule has 1 heterocycles. The van der Waals surface area contributed by atoms with Gasteiger partial charge in [0, 0.05) is 10.6 Å². The van der Waals surface area contributed by atoms with Crippen molar-refractivity contribution in [2.45, 2.75) is 0 Å². The molecule has 0 radical (unpaired) electrons. The first-order valence-electron chi connectivity index (χ1n) is 9.31. The molecular formula is C23H19ClN2O5. The summed E-state index contributed by atoms with van der Waals surface area (Å²) >= 11 is 6.04. The van der Waals surface area contributed by atoms with Gasteiger partial charge in [0.2, 0.25) is 11.6 Å². The number of carbonyl (C=O) groups is 1. The van der Waals surface area contributed by atoms with Crippen molar-refractivity contribution in [3.8, 4) is 28.7 Å². The SMILES string of the molecule is COc1cc(C(=O)Nc2ccccc2-c2nc3cc(Cl)ccc3o2)cc(OC)c1OC. The third kappa shape index (κ3) is 4.00. The average molecular weight is 439 g/mol. The molecule has 0 atom stereocenters. The molecule has 3 aromatic carbocycles. The van der Waals surface area contributed by atoms with E-state index in [1.54, 1.807) is 36.4 Å². The summed E-state index contributed by atoms with van der Waals surface area (Å²) in [5, 5.41) is 3.47. The molecule has 1 amide bonds. The highest BCUT2D eigenvalue weighted by molar-refractivity contribution is 6.31. The molecule has 4 aromatic rings. The zero-order valence-electron chi connectivity index (χ0n) is 17.1. The van der Waals surface area contributed by atoms with E-state index >= 15 is 0 Å². The molecule has 0 aliphatic heterocycles. The first-order valence-corrected chi connectivity index (χ1v) is 9.68. The number of rotatable bonds is 6. The summed E-state index contributed by atoms with van der Waals surface area (Å²) in [7, 11) is 4.49. The molecule has 0 fully saturated rings. The summed E-state index contributed by atoms with van der Waals surface area (Å²) in [5.41, 5.74) is 2.75. The zero-order valence-corrected chi connectivity index (χ0v) is 17.8. The molecule has 0 unspecified atom stereocenters. The van der Waals surface area contributed by atoms with Crippen LogP contribution in [-0.4, -0.2) is 32.2 Å². The van der Waals surface area contributed by atoms with E-state index in [0.717, 1.165) is 0 Å². The number of aromatic nitrogens is 1. The number of nitrogens with one attached hydrogen (secondary N) is 1. The van der Waals surface area contributed by atoms with Gasteiger partial charge in [-0.25, -0.2) is 4.98 Å². The lowest BCUT2D eigenvalue weighted by Crippen LogP contribution is -2.13. The number of benzene rings is 3. The van der Waals surface area contributed by atoms with E-state index in [1.165, 1.54) is 21.3 Å². The van der Waals surface area contributed by atoms with Crippen molar-refractivity contribution in [3.05, 3.63) is 65.2 Å². The van der Waals surface area contributed by atoms with Gasteiger partial charge in [-0.15, -0.1) is 0 Å². The predicted octanol–water partition coefficient (Wildman–Crippen LogP) is 5.43. The number of hydrogen-bond acceptors (Lipinski definition) is 6. The van der Waals surface area contributed by atoms with E-state index in [9.17, 15) is 4.79 Å². The minimum Gasteiger partial charge on any atom is -0.493 e. The quantitative estimate of drug-likeness (QED) is 0.432. The van der Waals surface area contributed by atoms with Crippen LogP contribution in [0.15, 0.2) is 59.0 Å². The maximum atomic E-state index is 13.0. The molecule has 8 heteroatoms. The van der Waals surface area contributed by atoms with Crippen LogP contribution in [0.2, 0.25) is 5.02 Å². The lowest BCUT2D eigenvalue weighted by molar-refractivity contribution is 0.102. The Morgan fingerprint density at radius 2 is 1.68 bits per heavy atom. The summed E-state index contributed by atoms with van der Waals surface area (Å²) in [5.74, 6) is 1.20. The Morgan fingerprint density at radius 3 is 2.35 bits per heavy atom. The number of anilines is 1. The van der Waals surface area contributed by atoms with Crippen molar-refractivity contribution in [1.82, 2.24) is 4.98 Å². The second kappa shape index (κ2) is 8.57. The number of amides is 1. The van der Waals surface area contributed by atoms with Gasteiger partial charge >= 0.3 is 0 Å². The molecule has 0 aliphatic carbocycles. The van der Waals surface area contributed by atoms with Gasteiger partial charge in [-0.1, -0.05) is 23.7 Å². The topological polar surface area (TPSA) is 82.8 Å².